The molecule has 0 aliphatic heterocycles. The van der Waals surface area contributed by atoms with Crippen molar-refractivity contribution in [3.63, 3.8) is 0 Å². The van der Waals surface area contributed by atoms with Gasteiger partial charge in [0.25, 0.3) is 0 Å². The molecular weight excluding hydrogens is 331 g/mol. The molecule has 0 fully saturated rings. The number of hydrogen-bond acceptors (Lipinski definition) is 2. The molecule has 1 aromatic heterocycles. The normalized spacial score (nSPS) is 12.5. The minimum absolute atomic E-state index is 0.187. The Morgan fingerprint density at radius 1 is 1.17 bits per heavy atom. The van der Waals surface area contributed by atoms with Gasteiger partial charge in [0.05, 0.1) is 12.1 Å². The van der Waals surface area contributed by atoms with Crippen molar-refractivity contribution in [1.29, 1.82) is 0 Å². The topological polar surface area (TPSA) is 51.0 Å². The summed E-state index contributed by atoms with van der Waals surface area (Å²) in [4.78, 5) is 3.29. The Labute approximate surface area is 145 Å². The highest BCUT2D eigenvalue weighted by Crippen LogP contribution is 2.31. The minimum Gasteiger partial charge on any atom is -0.495 e. The molecular formula is C18H18Cl2N2O. The average molecular weight is 349 g/mol. The summed E-state index contributed by atoms with van der Waals surface area (Å²) in [6.45, 7) is 0.545. The first kappa shape index (κ1) is 16.2. The largest absolute Gasteiger partial charge is 0.495 e. The van der Waals surface area contributed by atoms with Crippen LogP contribution in [0.1, 0.15) is 17.0 Å². The smallest absolute Gasteiger partial charge is 0.137 e. The van der Waals surface area contributed by atoms with E-state index in [0.29, 0.717) is 17.3 Å². The second-order valence-corrected chi connectivity index (χ2v) is 6.38. The van der Waals surface area contributed by atoms with Crippen molar-refractivity contribution in [1.82, 2.24) is 4.98 Å². The predicted octanol–water partition coefficient (Wildman–Crippen LogP) is 4.77. The maximum Gasteiger partial charge on any atom is 0.137 e. The number of methoxy groups -OCH3 is 1. The molecule has 120 valence electrons. The van der Waals surface area contributed by atoms with E-state index in [0.717, 1.165) is 27.9 Å². The van der Waals surface area contributed by atoms with Crippen LogP contribution in [0.2, 0.25) is 10.0 Å². The van der Waals surface area contributed by atoms with Gasteiger partial charge in [-0.25, -0.2) is 0 Å². The van der Waals surface area contributed by atoms with Crippen molar-refractivity contribution < 1.29 is 4.74 Å². The summed E-state index contributed by atoms with van der Waals surface area (Å²) < 4.78 is 5.20. The minimum atomic E-state index is 0.187. The zero-order chi connectivity index (χ0) is 16.4. The lowest BCUT2D eigenvalue weighted by Gasteiger charge is -2.15. The van der Waals surface area contributed by atoms with Crippen LogP contribution in [0, 0.1) is 0 Å². The fraction of sp³-hybridized carbons (Fsp3) is 0.222. The lowest BCUT2D eigenvalue weighted by Crippen LogP contribution is -2.14. The third-order valence-corrected chi connectivity index (χ3v) is 4.63. The first-order chi connectivity index (χ1) is 11.1. The van der Waals surface area contributed by atoms with Crippen LogP contribution < -0.4 is 10.5 Å². The number of hydrogen-bond donors (Lipinski definition) is 2. The molecule has 0 spiro atoms. The zero-order valence-corrected chi connectivity index (χ0v) is 14.3. The van der Waals surface area contributed by atoms with E-state index in [1.54, 1.807) is 7.11 Å². The molecule has 0 aliphatic carbocycles. The maximum absolute atomic E-state index is 6.22. The molecule has 3 N–H and O–H groups in total. The maximum atomic E-state index is 6.22. The number of halogens is 2. The van der Waals surface area contributed by atoms with Crippen LogP contribution in [0.15, 0.2) is 42.6 Å². The van der Waals surface area contributed by atoms with E-state index in [1.807, 2.05) is 42.6 Å². The van der Waals surface area contributed by atoms with Crippen LogP contribution in [0.3, 0.4) is 0 Å². The van der Waals surface area contributed by atoms with Gasteiger partial charge in [-0.1, -0.05) is 29.3 Å². The first-order valence-corrected chi connectivity index (χ1v) is 8.17. The molecule has 23 heavy (non-hydrogen) atoms. The average Bonchev–Trinajstić information content (AvgIpc) is 2.95. The van der Waals surface area contributed by atoms with Crippen LogP contribution in [-0.2, 0) is 6.42 Å². The number of ether oxygens (including phenoxy) is 1. The highest BCUT2D eigenvalue weighted by Gasteiger charge is 2.16. The lowest BCUT2D eigenvalue weighted by molar-refractivity contribution is 0.415. The van der Waals surface area contributed by atoms with Gasteiger partial charge in [0, 0.05) is 28.0 Å². The van der Waals surface area contributed by atoms with E-state index in [9.17, 15) is 0 Å². The molecule has 0 saturated heterocycles. The molecule has 0 saturated carbocycles. The number of H-pyrrole nitrogens is 1. The quantitative estimate of drug-likeness (QED) is 0.697. The summed E-state index contributed by atoms with van der Waals surface area (Å²) in [6, 6.07) is 11.7. The SMILES string of the molecule is COc1ccc(CC(CN)c2c[nH]c3ccc(Cl)cc23)cc1Cl. The van der Waals surface area contributed by atoms with Crippen LogP contribution >= 0.6 is 23.2 Å². The van der Waals surface area contributed by atoms with Gasteiger partial charge in [-0.3, -0.25) is 0 Å². The molecule has 3 aromatic rings. The number of rotatable bonds is 5. The number of nitrogens with two attached hydrogens (primary N) is 1. The van der Waals surface area contributed by atoms with Crippen LogP contribution in [-0.4, -0.2) is 18.6 Å². The Bertz CT molecular complexity index is 829. The van der Waals surface area contributed by atoms with Crippen molar-refractivity contribution in [2.45, 2.75) is 12.3 Å². The van der Waals surface area contributed by atoms with Crippen molar-refractivity contribution in [3.8, 4) is 5.75 Å². The summed E-state index contributed by atoms with van der Waals surface area (Å²) in [7, 11) is 1.61. The van der Waals surface area contributed by atoms with Gasteiger partial charge in [-0.15, -0.1) is 0 Å². The Kier molecular flexibility index (Phi) is 4.81. The Morgan fingerprint density at radius 2 is 2.00 bits per heavy atom. The van der Waals surface area contributed by atoms with Crippen molar-refractivity contribution >= 4 is 34.1 Å². The number of fused-ring (bicyclic) bond motifs is 1. The van der Waals surface area contributed by atoms with E-state index in [4.69, 9.17) is 33.7 Å². The molecule has 0 bridgehead atoms. The lowest BCUT2D eigenvalue weighted by atomic mass is 9.92. The second kappa shape index (κ2) is 6.83. The molecule has 0 aliphatic rings. The second-order valence-electron chi connectivity index (χ2n) is 5.54. The highest BCUT2D eigenvalue weighted by molar-refractivity contribution is 6.32. The van der Waals surface area contributed by atoms with Gasteiger partial charge in [-0.05, 0) is 54.4 Å². The van der Waals surface area contributed by atoms with Crippen LogP contribution in [0.5, 0.6) is 5.75 Å². The van der Waals surface area contributed by atoms with E-state index in [2.05, 4.69) is 4.98 Å². The van der Waals surface area contributed by atoms with Gasteiger partial charge in [0.1, 0.15) is 5.75 Å². The van der Waals surface area contributed by atoms with Crippen molar-refractivity contribution in [2.75, 3.05) is 13.7 Å². The van der Waals surface area contributed by atoms with Gasteiger partial charge in [0.15, 0.2) is 0 Å². The Morgan fingerprint density at radius 3 is 2.70 bits per heavy atom. The number of nitrogens with one attached hydrogen (secondary N) is 1. The van der Waals surface area contributed by atoms with Gasteiger partial charge >= 0.3 is 0 Å². The summed E-state index contributed by atoms with van der Waals surface area (Å²) in [5.41, 5.74) is 9.40. The van der Waals surface area contributed by atoms with Crippen molar-refractivity contribution in [2.24, 2.45) is 5.73 Å². The van der Waals surface area contributed by atoms with Gasteiger partial charge < -0.3 is 15.5 Å². The van der Waals surface area contributed by atoms with Crippen LogP contribution in [0.25, 0.3) is 10.9 Å². The van der Waals surface area contributed by atoms with E-state index >= 15 is 0 Å². The van der Waals surface area contributed by atoms with E-state index in [1.165, 1.54) is 5.56 Å². The third kappa shape index (κ3) is 3.32. The summed E-state index contributed by atoms with van der Waals surface area (Å²) in [5.74, 6) is 0.866. The van der Waals surface area contributed by atoms with Crippen LogP contribution in [0.4, 0.5) is 0 Å². The molecule has 3 nitrogen and oxygen atoms in total. The standard InChI is InChI=1S/C18H18Cl2N2O/c1-23-18-5-2-11(7-16(18)20)6-12(9-21)15-10-22-17-4-3-13(19)8-14(15)17/h2-5,7-8,10,12,22H,6,9,21H2,1H3. The highest BCUT2D eigenvalue weighted by atomic mass is 35.5. The molecule has 1 heterocycles. The Hall–Kier alpha value is -1.68. The zero-order valence-electron chi connectivity index (χ0n) is 12.8. The number of aromatic nitrogens is 1. The predicted molar refractivity (Wildman–Crippen MR) is 96.8 cm³/mol. The van der Waals surface area contributed by atoms with Gasteiger partial charge in [0.2, 0.25) is 0 Å². The molecule has 3 rings (SSSR count). The molecule has 0 radical (unpaired) electrons. The number of benzene rings is 2. The fourth-order valence-corrected chi connectivity index (χ4v) is 3.35. The first-order valence-electron chi connectivity index (χ1n) is 7.41. The van der Waals surface area contributed by atoms with E-state index in [-0.39, 0.29) is 5.92 Å². The van der Waals surface area contributed by atoms with Crippen molar-refractivity contribution in [3.05, 3.63) is 63.8 Å². The molecule has 1 unspecified atom stereocenters. The molecule has 1 atom stereocenters. The summed E-state index contributed by atoms with van der Waals surface area (Å²) in [6.07, 6.45) is 2.82. The molecule has 5 heteroatoms. The fourth-order valence-electron chi connectivity index (χ4n) is 2.89. The Balaban J connectivity index is 1.92. The summed E-state index contributed by atoms with van der Waals surface area (Å²) >= 11 is 12.4. The summed E-state index contributed by atoms with van der Waals surface area (Å²) in [5, 5.41) is 2.46. The molecule has 2 aromatic carbocycles. The van der Waals surface area contributed by atoms with Gasteiger partial charge in [-0.2, -0.15) is 0 Å². The number of aromatic amines is 1. The van der Waals surface area contributed by atoms with E-state index < -0.39 is 0 Å². The monoisotopic (exact) mass is 348 g/mol. The third-order valence-electron chi connectivity index (χ3n) is 4.10. The molecule has 0 amide bonds.